The van der Waals surface area contributed by atoms with E-state index in [0.29, 0.717) is 17.3 Å². The molecule has 0 atom stereocenters. The Labute approximate surface area is 164 Å². The van der Waals surface area contributed by atoms with E-state index >= 15 is 0 Å². The molecular weight excluding hydrogens is 356 g/mol. The van der Waals surface area contributed by atoms with Gasteiger partial charge < -0.3 is 5.32 Å². The Morgan fingerprint density at radius 2 is 1.74 bits per heavy atom. The summed E-state index contributed by atoms with van der Waals surface area (Å²) in [6.07, 6.45) is 3.99. The number of halogens is 1. The number of amides is 2. The Bertz CT molecular complexity index is 921. The summed E-state index contributed by atoms with van der Waals surface area (Å²) in [5.74, 6) is 0. The van der Waals surface area contributed by atoms with Crippen LogP contribution < -0.4 is 10.2 Å². The van der Waals surface area contributed by atoms with E-state index in [4.69, 9.17) is 11.6 Å². The van der Waals surface area contributed by atoms with Crippen molar-refractivity contribution in [2.45, 2.75) is 6.92 Å². The van der Waals surface area contributed by atoms with E-state index in [1.165, 1.54) is 0 Å². The van der Waals surface area contributed by atoms with Gasteiger partial charge in [-0.2, -0.15) is 0 Å². The number of nitrogens with zero attached hydrogens (tertiary/aromatic N) is 1. The second-order valence-corrected chi connectivity index (χ2v) is 6.64. The highest BCUT2D eigenvalue weighted by Crippen LogP contribution is 2.19. The van der Waals surface area contributed by atoms with E-state index in [1.54, 1.807) is 17.0 Å². The summed E-state index contributed by atoms with van der Waals surface area (Å²) in [5, 5.41) is 3.50. The maximum Gasteiger partial charge on any atom is 0.326 e. The van der Waals surface area contributed by atoms with Crippen molar-refractivity contribution >= 4 is 35.1 Å². The van der Waals surface area contributed by atoms with Gasteiger partial charge in [-0.25, -0.2) is 4.79 Å². The number of nitrogens with one attached hydrogen (secondary N) is 1. The summed E-state index contributed by atoms with van der Waals surface area (Å²) in [6, 6.07) is 24.8. The third kappa shape index (κ3) is 5.47. The normalized spacial score (nSPS) is 10.7. The predicted molar refractivity (Wildman–Crippen MR) is 114 cm³/mol. The number of aryl methyl sites for hydroxylation is 1. The Hall–Kier alpha value is -3.04. The number of urea groups is 1. The van der Waals surface area contributed by atoms with Crippen LogP contribution in [0.1, 0.15) is 11.1 Å². The molecule has 0 heterocycles. The van der Waals surface area contributed by atoms with Crippen LogP contribution in [-0.4, -0.2) is 12.6 Å². The molecule has 3 aromatic rings. The quantitative estimate of drug-likeness (QED) is 0.549. The second kappa shape index (κ2) is 9.06. The lowest BCUT2D eigenvalue weighted by Gasteiger charge is -2.22. The first-order valence-corrected chi connectivity index (χ1v) is 9.12. The molecule has 3 aromatic carbocycles. The zero-order chi connectivity index (χ0) is 19.1. The van der Waals surface area contributed by atoms with Crippen LogP contribution in [0.4, 0.5) is 16.2 Å². The number of benzene rings is 3. The summed E-state index contributed by atoms with van der Waals surface area (Å²) in [6.45, 7) is 2.47. The lowest BCUT2D eigenvalue weighted by Crippen LogP contribution is -2.35. The predicted octanol–water partition coefficient (Wildman–Crippen LogP) is 6.40. The van der Waals surface area contributed by atoms with Crippen molar-refractivity contribution in [3.8, 4) is 0 Å². The fourth-order valence-electron chi connectivity index (χ4n) is 2.65. The zero-order valence-corrected chi connectivity index (χ0v) is 15.9. The van der Waals surface area contributed by atoms with Gasteiger partial charge >= 0.3 is 6.03 Å². The third-order valence-corrected chi connectivity index (χ3v) is 4.30. The molecule has 0 aliphatic carbocycles. The first-order chi connectivity index (χ1) is 13.1. The molecule has 1 N–H and O–H groups in total. The highest BCUT2D eigenvalue weighted by atomic mass is 35.5. The number of anilines is 2. The smallest absolute Gasteiger partial charge is 0.307 e. The van der Waals surface area contributed by atoms with Gasteiger partial charge in [-0.3, -0.25) is 4.90 Å². The molecule has 0 saturated heterocycles. The monoisotopic (exact) mass is 376 g/mol. The van der Waals surface area contributed by atoms with E-state index in [2.05, 4.69) is 5.32 Å². The van der Waals surface area contributed by atoms with Crippen molar-refractivity contribution in [2.75, 3.05) is 16.8 Å². The van der Waals surface area contributed by atoms with Gasteiger partial charge in [0, 0.05) is 22.9 Å². The fraction of sp³-hybridized carbons (Fsp3) is 0.0870. The van der Waals surface area contributed by atoms with Crippen LogP contribution in [0.25, 0.3) is 6.08 Å². The highest BCUT2D eigenvalue weighted by Gasteiger charge is 2.14. The molecule has 0 unspecified atom stereocenters. The largest absolute Gasteiger partial charge is 0.326 e. The Morgan fingerprint density at radius 3 is 2.44 bits per heavy atom. The van der Waals surface area contributed by atoms with E-state index in [1.807, 2.05) is 85.8 Å². The van der Waals surface area contributed by atoms with E-state index in [9.17, 15) is 4.79 Å². The minimum Gasteiger partial charge on any atom is -0.307 e. The van der Waals surface area contributed by atoms with Crippen LogP contribution in [0.2, 0.25) is 5.02 Å². The number of hydrogen-bond donors (Lipinski definition) is 1. The zero-order valence-electron chi connectivity index (χ0n) is 15.1. The molecule has 0 radical (unpaired) electrons. The van der Waals surface area contributed by atoms with Gasteiger partial charge in [0.25, 0.3) is 0 Å². The summed E-state index contributed by atoms with van der Waals surface area (Å²) >= 11 is 6.02. The van der Waals surface area contributed by atoms with Gasteiger partial charge in [0.1, 0.15) is 0 Å². The van der Waals surface area contributed by atoms with Crippen molar-refractivity contribution in [1.29, 1.82) is 0 Å². The van der Waals surface area contributed by atoms with Gasteiger partial charge in [-0.15, -0.1) is 0 Å². The Morgan fingerprint density at radius 1 is 1.00 bits per heavy atom. The molecule has 27 heavy (non-hydrogen) atoms. The fourth-order valence-corrected chi connectivity index (χ4v) is 2.84. The second-order valence-electron chi connectivity index (χ2n) is 6.20. The standard InChI is InChI=1S/C23H21ClN2O/c1-18-12-14-22(15-13-18)26(16-6-9-19-7-3-2-4-8-19)23(27)25-21-11-5-10-20(24)17-21/h2-15,17H,16H2,1H3,(H,25,27)/b9-6+. The lowest BCUT2D eigenvalue weighted by molar-refractivity contribution is 0.257. The molecule has 0 bridgehead atoms. The molecule has 0 spiro atoms. The molecule has 4 heteroatoms. The molecular formula is C23H21ClN2O. The molecule has 3 nitrogen and oxygen atoms in total. The Balaban J connectivity index is 1.79. The first kappa shape index (κ1) is 18.7. The van der Waals surface area contributed by atoms with Crippen molar-refractivity contribution in [3.63, 3.8) is 0 Å². The van der Waals surface area contributed by atoms with Crippen LogP contribution in [0.15, 0.2) is 84.9 Å². The molecule has 0 aromatic heterocycles. The van der Waals surface area contributed by atoms with Crippen molar-refractivity contribution < 1.29 is 4.79 Å². The van der Waals surface area contributed by atoms with E-state index < -0.39 is 0 Å². The van der Waals surface area contributed by atoms with Gasteiger partial charge in [-0.1, -0.05) is 77.8 Å². The molecule has 2 amide bonds. The van der Waals surface area contributed by atoms with Crippen molar-refractivity contribution in [1.82, 2.24) is 0 Å². The minimum absolute atomic E-state index is 0.209. The maximum absolute atomic E-state index is 12.9. The van der Waals surface area contributed by atoms with Crippen LogP contribution in [0.5, 0.6) is 0 Å². The molecule has 136 valence electrons. The third-order valence-electron chi connectivity index (χ3n) is 4.06. The minimum atomic E-state index is -0.209. The van der Waals surface area contributed by atoms with E-state index in [0.717, 1.165) is 16.8 Å². The SMILES string of the molecule is Cc1ccc(N(C/C=C/c2ccccc2)C(=O)Nc2cccc(Cl)c2)cc1. The Kier molecular flexibility index (Phi) is 6.29. The molecule has 3 rings (SSSR count). The number of carbonyl (C=O) groups excluding carboxylic acids is 1. The number of hydrogen-bond acceptors (Lipinski definition) is 1. The van der Waals surface area contributed by atoms with Gasteiger partial charge in [0.15, 0.2) is 0 Å². The van der Waals surface area contributed by atoms with Crippen molar-refractivity contribution in [3.05, 3.63) is 101 Å². The van der Waals surface area contributed by atoms with Crippen molar-refractivity contribution in [2.24, 2.45) is 0 Å². The van der Waals surface area contributed by atoms with Gasteiger partial charge in [0.2, 0.25) is 0 Å². The number of rotatable bonds is 5. The lowest BCUT2D eigenvalue weighted by atomic mass is 10.2. The highest BCUT2D eigenvalue weighted by molar-refractivity contribution is 6.30. The molecule has 0 aliphatic rings. The van der Waals surface area contributed by atoms with E-state index in [-0.39, 0.29) is 6.03 Å². The molecule has 0 aliphatic heterocycles. The molecule has 0 fully saturated rings. The van der Waals surface area contributed by atoms with Gasteiger partial charge in [0.05, 0.1) is 0 Å². The maximum atomic E-state index is 12.9. The van der Waals surface area contributed by atoms with Crippen LogP contribution in [0.3, 0.4) is 0 Å². The van der Waals surface area contributed by atoms with Crippen LogP contribution >= 0.6 is 11.6 Å². The number of carbonyl (C=O) groups is 1. The average Bonchev–Trinajstić information content (AvgIpc) is 2.67. The van der Waals surface area contributed by atoms with Crippen LogP contribution in [-0.2, 0) is 0 Å². The van der Waals surface area contributed by atoms with Crippen LogP contribution in [0, 0.1) is 6.92 Å². The topological polar surface area (TPSA) is 32.3 Å². The average molecular weight is 377 g/mol. The first-order valence-electron chi connectivity index (χ1n) is 8.74. The summed E-state index contributed by atoms with van der Waals surface area (Å²) in [4.78, 5) is 14.6. The summed E-state index contributed by atoms with van der Waals surface area (Å²) in [5.41, 5.74) is 3.74. The summed E-state index contributed by atoms with van der Waals surface area (Å²) < 4.78 is 0. The molecule has 0 saturated carbocycles. The van der Waals surface area contributed by atoms with Gasteiger partial charge in [-0.05, 0) is 42.8 Å². The summed E-state index contributed by atoms with van der Waals surface area (Å²) in [7, 11) is 0.